The van der Waals surface area contributed by atoms with Gasteiger partial charge in [0.1, 0.15) is 0 Å². The third-order valence-electron chi connectivity index (χ3n) is 2.78. The van der Waals surface area contributed by atoms with Crippen molar-refractivity contribution >= 4 is 5.91 Å². The second-order valence-corrected chi connectivity index (χ2v) is 3.49. The topological polar surface area (TPSA) is 40.5 Å². The van der Waals surface area contributed by atoms with Gasteiger partial charge in [-0.1, -0.05) is 0 Å². The summed E-state index contributed by atoms with van der Waals surface area (Å²) in [6.45, 7) is 1.55. The molecule has 0 spiro atoms. The van der Waals surface area contributed by atoms with E-state index in [2.05, 4.69) is 0 Å². The van der Waals surface area contributed by atoms with Gasteiger partial charge in [-0.05, 0) is 12.8 Å². The number of fused-ring (bicyclic) bond motifs is 2. The predicted octanol–water partition coefficient (Wildman–Crippen LogP) is -0.0104. The molecule has 2 bridgehead atoms. The van der Waals surface area contributed by atoms with Gasteiger partial charge in [-0.3, -0.25) is 4.79 Å². The summed E-state index contributed by atoms with van der Waals surface area (Å²) in [6, 6.07) is 0. The van der Waals surface area contributed by atoms with E-state index >= 15 is 0 Å². The summed E-state index contributed by atoms with van der Waals surface area (Å²) in [6.07, 6.45) is 2.15. The van der Waals surface area contributed by atoms with Gasteiger partial charge < -0.3 is 10.0 Å². The number of nitrogens with zero attached hydrogens (tertiary/aromatic N) is 1. The minimum absolute atomic E-state index is 0.153. The molecule has 2 aliphatic heterocycles. The minimum atomic E-state index is -0.153. The number of hydrogen-bond donors (Lipinski definition) is 1. The Balaban J connectivity index is 2.08. The Hall–Kier alpha value is -0.570. The molecule has 0 saturated carbocycles. The molecule has 0 aromatic carbocycles. The first kappa shape index (κ1) is 7.10. The van der Waals surface area contributed by atoms with Crippen LogP contribution in [-0.2, 0) is 4.79 Å². The van der Waals surface area contributed by atoms with Gasteiger partial charge >= 0.3 is 0 Å². The number of carbonyl (C=O) groups excluding carboxylic acids is 1. The van der Waals surface area contributed by atoms with Crippen molar-refractivity contribution in [1.82, 2.24) is 4.90 Å². The van der Waals surface area contributed by atoms with Crippen LogP contribution in [0.5, 0.6) is 0 Å². The van der Waals surface area contributed by atoms with Crippen LogP contribution in [0.25, 0.3) is 0 Å². The Kier molecular flexibility index (Phi) is 1.60. The van der Waals surface area contributed by atoms with Crippen LogP contribution in [0.3, 0.4) is 0 Å². The lowest BCUT2D eigenvalue weighted by Crippen LogP contribution is -2.49. The SMILES string of the molecule is O=C1CCC2CN1CCC2O. The van der Waals surface area contributed by atoms with Crippen LogP contribution in [0, 0.1) is 5.92 Å². The largest absolute Gasteiger partial charge is 0.393 e. The highest BCUT2D eigenvalue weighted by molar-refractivity contribution is 5.77. The molecule has 2 atom stereocenters. The molecule has 3 heteroatoms. The summed E-state index contributed by atoms with van der Waals surface area (Å²) in [5.74, 6) is 0.634. The highest BCUT2D eigenvalue weighted by Gasteiger charge is 2.34. The quantitative estimate of drug-likeness (QED) is 0.534. The highest BCUT2D eigenvalue weighted by atomic mass is 16.3. The molecule has 3 nitrogen and oxygen atoms in total. The summed E-state index contributed by atoms with van der Waals surface area (Å²) >= 11 is 0. The van der Waals surface area contributed by atoms with Crippen molar-refractivity contribution in [3.63, 3.8) is 0 Å². The third kappa shape index (κ3) is 1.13. The second kappa shape index (κ2) is 2.48. The molecule has 2 unspecified atom stereocenters. The van der Waals surface area contributed by atoms with Gasteiger partial charge in [-0.25, -0.2) is 0 Å². The van der Waals surface area contributed by atoms with Crippen molar-refractivity contribution in [2.45, 2.75) is 25.4 Å². The van der Waals surface area contributed by atoms with Crippen LogP contribution in [0.15, 0.2) is 0 Å². The lowest BCUT2D eigenvalue weighted by atomic mass is 9.87. The van der Waals surface area contributed by atoms with Crippen molar-refractivity contribution in [1.29, 1.82) is 0 Å². The molecule has 2 aliphatic rings. The highest BCUT2D eigenvalue weighted by Crippen LogP contribution is 2.26. The predicted molar refractivity (Wildman–Crippen MR) is 39.9 cm³/mol. The maximum atomic E-state index is 11.2. The molecule has 2 fully saturated rings. The molecule has 11 heavy (non-hydrogen) atoms. The number of rotatable bonds is 0. The number of piperidine rings is 2. The first-order valence-electron chi connectivity index (χ1n) is 4.23. The van der Waals surface area contributed by atoms with Crippen molar-refractivity contribution in [3.8, 4) is 0 Å². The fourth-order valence-corrected chi connectivity index (χ4v) is 2.00. The van der Waals surface area contributed by atoms with Gasteiger partial charge in [0.05, 0.1) is 6.10 Å². The maximum absolute atomic E-state index is 11.2. The molecular formula is C8H13NO2. The molecule has 2 saturated heterocycles. The van der Waals surface area contributed by atoms with E-state index in [4.69, 9.17) is 0 Å². The van der Waals surface area contributed by atoms with E-state index in [-0.39, 0.29) is 12.0 Å². The zero-order valence-corrected chi connectivity index (χ0v) is 6.49. The number of aliphatic hydroxyl groups excluding tert-OH is 1. The standard InChI is InChI=1S/C8H13NO2/c10-7-3-4-9-5-6(7)1-2-8(9)11/h6-7,10H,1-5H2. The van der Waals surface area contributed by atoms with E-state index in [9.17, 15) is 9.90 Å². The molecule has 0 aliphatic carbocycles. The molecule has 0 aromatic heterocycles. The molecule has 62 valence electrons. The van der Waals surface area contributed by atoms with Crippen molar-refractivity contribution in [2.24, 2.45) is 5.92 Å². The summed E-state index contributed by atoms with van der Waals surface area (Å²) < 4.78 is 0. The number of carbonyl (C=O) groups is 1. The van der Waals surface area contributed by atoms with Crippen molar-refractivity contribution < 1.29 is 9.90 Å². The molecule has 2 heterocycles. The maximum Gasteiger partial charge on any atom is 0.222 e. The Morgan fingerprint density at radius 3 is 3.09 bits per heavy atom. The van der Waals surface area contributed by atoms with Gasteiger partial charge in [0, 0.05) is 25.4 Å². The Morgan fingerprint density at radius 2 is 2.27 bits per heavy atom. The van der Waals surface area contributed by atoms with Gasteiger partial charge in [-0.15, -0.1) is 0 Å². The average Bonchev–Trinajstić information content (AvgIpc) is 2.02. The van der Waals surface area contributed by atoms with Crippen LogP contribution in [-0.4, -0.2) is 35.1 Å². The summed E-state index contributed by atoms with van der Waals surface area (Å²) in [5.41, 5.74) is 0. The zero-order chi connectivity index (χ0) is 7.84. The third-order valence-corrected chi connectivity index (χ3v) is 2.78. The van der Waals surface area contributed by atoms with Gasteiger partial charge in [0.25, 0.3) is 0 Å². The number of hydrogen-bond acceptors (Lipinski definition) is 2. The minimum Gasteiger partial charge on any atom is -0.393 e. The van der Waals surface area contributed by atoms with Crippen LogP contribution in [0.2, 0.25) is 0 Å². The Bertz CT molecular complexity index is 181. The van der Waals surface area contributed by atoms with Crippen LogP contribution in [0.4, 0.5) is 0 Å². The first-order chi connectivity index (χ1) is 5.27. The van der Waals surface area contributed by atoms with E-state index in [1.165, 1.54) is 0 Å². The lowest BCUT2D eigenvalue weighted by molar-refractivity contribution is -0.140. The Morgan fingerprint density at radius 1 is 1.45 bits per heavy atom. The number of aliphatic hydroxyl groups is 1. The fraction of sp³-hybridized carbons (Fsp3) is 0.875. The van der Waals surface area contributed by atoms with Crippen LogP contribution in [0.1, 0.15) is 19.3 Å². The molecule has 1 amide bonds. The van der Waals surface area contributed by atoms with E-state index in [1.807, 2.05) is 4.90 Å². The fourth-order valence-electron chi connectivity index (χ4n) is 2.00. The lowest BCUT2D eigenvalue weighted by Gasteiger charge is -2.40. The van der Waals surface area contributed by atoms with Crippen molar-refractivity contribution in [3.05, 3.63) is 0 Å². The summed E-state index contributed by atoms with van der Waals surface area (Å²) in [5, 5.41) is 9.47. The van der Waals surface area contributed by atoms with E-state index < -0.39 is 0 Å². The van der Waals surface area contributed by atoms with Crippen LogP contribution < -0.4 is 0 Å². The van der Waals surface area contributed by atoms with Gasteiger partial charge in [-0.2, -0.15) is 0 Å². The molecule has 0 aromatic rings. The first-order valence-corrected chi connectivity index (χ1v) is 4.23. The average molecular weight is 155 g/mol. The number of amides is 1. The monoisotopic (exact) mass is 155 g/mol. The van der Waals surface area contributed by atoms with Gasteiger partial charge in [0.2, 0.25) is 5.91 Å². The van der Waals surface area contributed by atoms with Crippen molar-refractivity contribution in [2.75, 3.05) is 13.1 Å². The molecule has 0 radical (unpaired) electrons. The van der Waals surface area contributed by atoms with Gasteiger partial charge in [0.15, 0.2) is 0 Å². The van der Waals surface area contributed by atoms with E-state index in [0.717, 1.165) is 25.9 Å². The molecule has 1 N–H and O–H groups in total. The second-order valence-electron chi connectivity index (χ2n) is 3.49. The zero-order valence-electron chi connectivity index (χ0n) is 6.49. The normalized spacial score (nSPS) is 37.5. The van der Waals surface area contributed by atoms with E-state index in [1.54, 1.807) is 0 Å². The molecular weight excluding hydrogens is 142 g/mol. The van der Waals surface area contributed by atoms with Crippen LogP contribution >= 0.6 is 0 Å². The summed E-state index contributed by atoms with van der Waals surface area (Å²) in [7, 11) is 0. The summed E-state index contributed by atoms with van der Waals surface area (Å²) in [4.78, 5) is 13.0. The molecule has 2 rings (SSSR count). The van der Waals surface area contributed by atoms with E-state index in [0.29, 0.717) is 12.3 Å². The smallest absolute Gasteiger partial charge is 0.222 e. The Labute approximate surface area is 66.0 Å².